The Morgan fingerprint density at radius 3 is 2.79 bits per heavy atom. The van der Waals surface area contributed by atoms with Gasteiger partial charge in [-0.2, -0.15) is 12.6 Å². The molecule has 5 rings (SSSR count). The quantitative estimate of drug-likeness (QED) is 0.226. The number of hydrogen-bond donors (Lipinski definition) is 2. The third kappa shape index (κ3) is 4.70. The fourth-order valence-corrected chi connectivity index (χ4v) is 3.67. The van der Waals surface area contributed by atoms with E-state index in [1.807, 2.05) is 72.2 Å². The molecule has 0 radical (unpaired) electrons. The van der Waals surface area contributed by atoms with Crippen LogP contribution in [0, 0.1) is 6.92 Å². The SMILES string of the molecule is Cc1cc(Nc2ncnc3ccc(OCCCS)cc23)ccc1Oc1ccn2ccnc2c1. The summed E-state index contributed by atoms with van der Waals surface area (Å²) in [6, 6.07) is 15.6. The Balaban J connectivity index is 1.36. The number of hydrogen-bond acceptors (Lipinski definition) is 7. The zero-order chi connectivity index (χ0) is 22.6. The lowest BCUT2D eigenvalue weighted by Crippen LogP contribution is -2.00. The Hall–Kier alpha value is -3.78. The molecule has 166 valence electrons. The second-order valence-electron chi connectivity index (χ2n) is 7.59. The van der Waals surface area contributed by atoms with Gasteiger partial charge in [0.05, 0.1) is 12.1 Å². The molecule has 0 atom stereocenters. The minimum absolute atomic E-state index is 0.625. The molecule has 3 heterocycles. The van der Waals surface area contributed by atoms with Gasteiger partial charge >= 0.3 is 0 Å². The van der Waals surface area contributed by atoms with Crippen molar-refractivity contribution in [3.8, 4) is 17.2 Å². The average molecular weight is 458 g/mol. The predicted molar refractivity (Wildman–Crippen MR) is 133 cm³/mol. The zero-order valence-corrected chi connectivity index (χ0v) is 19.0. The monoisotopic (exact) mass is 457 g/mol. The van der Waals surface area contributed by atoms with Crippen molar-refractivity contribution in [2.75, 3.05) is 17.7 Å². The van der Waals surface area contributed by atoms with Gasteiger partial charge in [-0.25, -0.2) is 15.0 Å². The van der Waals surface area contributed by atoms with Crippen molar-refractivity contribution in [2.24, 2.45) is 0 Å². The van der Waals surface area contributed by atoms with Crippen LogP contribution in [0.2, 0.25) is 0 Å². The molecule has 8 heteroatoms. The normalized spacial score (nSPS) is 11.1. The number of fused-ring (bicyclic) bond motifs is 2. The van der Waals surface area contributed by atoms with Gasteiger partial charge < -0.3 is 19.2 Å². The average Bonchev–Trinajstić information content (AvgIpc) is 3.29. The summed E-state index contributed by atoms with van der Waals surface area (Å²) in [5.41, 5.74) is 3.59. The molecular weight excluding hydrogens is 434 g/mol. The minimum atomic E-state index is 0.625. The van der Waals surface area contributed by atoms with Crippen molar-refractivity contribution in [1.29, 1.82) is 0 Å². The number of nitrogens with zero attached hydrogens (tertiary/aromatic N) is 4. The summed E-state index contributed by atoms with van der Waals surface area (Å²) in [5.74, 6) is 3.82. The number of rotatable bonds is 8. The first kappa shape index (κ1) is 21.1. The van der Waals surface area contributed by atoms with Gasteiger partial charge in [-0.1, -0.05) is 0 Å². The van der Waals surface area contributed by atoms with Crippen molar-refractivity contribution in [3.63, 3.8) is 0 Å². The first-order chi connectivity index (χ1) is 16.2. The van der Waals surface area contributed by atoms with Gasteiger partial charge in [0.15, 0.2) is 0 Å². The Labute approximate surface area is 196 Å². The van der Waals surface area contributed by atoms with E-state index in [2.05, 4.69) is 32.9 Å². The van der Waals surface area contributed by atoms with Gasteiger partial charge in [-0.3, -0.25) is 0 Å². The second-order valence-corrected chi connectivity index (χ2v) is 8.04. The number of aryl methyl sites for hydroxylation is 1. The molecule has 5 aromatic rings. The Bertz CT molecular complexity index is 1420. The maximum Gasteiger partial charge on any atom is 0.141 e. The van der Waals surface area contributed by atoms with Crippen molar-refractivity contribution >= 4 is 40.7 Å². The van der Waals surface area contributed by atoms with E-state index in [0.29, 0.717) is 6.61 Å². The first-order valence-corrected chi connectivity index (χ1v) is 11.3. The Morgan fingerprint density at radius 2 is 1.91 bits per heavy atom. The van der Waals surface area contributed by atoms with Crippen molar-refractivity contribution in [1.82, 2.24) is 19.4 Å². The highest BCUT2D eigenvalue weighted by molar-refractivity contribution is 7.80. The van der Waals surface area contributed by atoms with Crippen molar-refractivity contribution < 1.29 is 9.47 Å². The number of aromatic nitrogens is 4. The number of anilines is 2. The molecule has 0 unspecified atom stereocenters. The fourth-order valence-electron chi connectivity index (χ4n) is 3.54. The highest BCUT2D eigenvalue weighted by Crippen LogP contribution is 2.31. The van der Waals surface area contributed by atoms with Crippen LogP contribution in [0.5, 0.6) is 17.2 Å². The molecule has 0 bridgehead atoms. The lowest BCUT2D eigenvalue weighted by molar-refractivity contribution is 0.319. The van der Waals surface area contributed by atoms with E-state index in [9.17, 15) is 0 Å². The molecule has 0 aliphatic carbocycles. The van der Waals surface area contributed by atoms with Gasteiger partial charge in [0.25, 0.3) is 0 Å². The molecule has 2 aromatic carbocycles. The van der Waals surface area contributed by atoms with Crippen LogP contribution in [0.3, 0.4) is 0 Å². The van der Waals surface area contributed by atoms with Gasteiger partial charge in [-0.05, 0) is 67.1 Å². The summed E-state index contributed by atoms with van der Waals surface area (Å²) in [5, 5.41) is 4.30. The summed E-state index contributed by atoms with van der Waals surface area (Å²) < 4.78 is 13.9. The summed E-state index contributed by atoms with van der Waals surface area (Å²) >= 11 is 4.23. The molecule has 1 N–H and O–H groups in total. The van der Waals surface area contributed by atoms with Crippen LogP contribution >= 0.6 is 12.6 Å². The summed E-state index contributed by atoms with van der Waals surface area (Å²) in [4.78, 5) is 13.1. The summed E-state index contributed by atoms with van der Waals surface area (Å²) in [6.45, 7) is 2.64. The van der Waals surface area contributed by atoms with Gasteiger partial charge in [0.2, 0.25) is 0 Å². The fraction of sp³-hybridized carbons (Fsp3) is 0.160. The van der Waals surface area contributed by atoms with Crippen LogP contribution < -0.4 is 14.8 Å². The number of thiol groups is 1. The van der Waals surface area contributed by atoms with Crippen LogP contribution in [0.25, 0.3) is 16.6 Å². The lowest BCUT2D eigenvalue weighted by Gasteiger charge is -2.13. The predicted octanol–water partition coefficient (Wildman–Crippen LogP) is 5.82. The Morgan fingerprint density at radius 1 is 0.970 bits per heavy atom. The molecule has 7 nitrogen and oxygen atoms in total. The molecular formula is C25H23N5O2S. The molecule has 0 fully saturated rings. The van der Waals surface area contributed by atoms with E-state index < -0.39 is 0 Å². The second kappa shape index (κ2) is 9.38. The molecule has 0 amide bonds. The largest absolute Gasteiger partial charge is 0.494 e. The third-order valence-corrected chi connectivity index (χ3v) is 5.53. The van der Waals surface area contributed by atoms with E-state index in [4.69, 9.17) is 9.47 Å². The topological polar surface area (TPSA) is 73.6 Å². The standard InChI is InChI=1S/C25H23N5O2S/c1-17-13-18(3-6-23(17)32-20-7-9-30-10-8-26-24(30)15-20)29-25-21-14-19(31-11-2-12-33)4-5-22(21)27-16-28-25/h3-10,13-16,33H,2,11-12H2,1H3,(H,27,28,29). The van der Waals surface area contributed by atoms with Crippen molar-refractivity contribution in [3.05, 3.63) is 79.0 Å². The number of nitrogens with one attached hydrogen (secondary N) is 1. The van der Waals surface area contributed by atoms with Crippen molar-refractivity contribution in [2.45, 2.75) is 13.3 Å². The smallest absolute Gasteiger partial charge is 0.141 e. The van der Waals surface area contributed by atoms with Crippen LogP contribution in [0.4, 0.5) is 11.5 Å². The highest BCUT2D eigenvalue weighted by Gasteiger charge is 2.09. The minimum Gasteiger partial charge on any atom is -0.494 e. The van der Waals surface area contributed by atoms with Crippen LogP contribution in [-0.2, 0) is 0 Å². The molecule has 0 saturated heterocycles. The summed E-state index contributed by atoms with van der Waals surface area (Å²) in [6.07, 6.45) is 8.04. The molecule has 3 aromatic heterocycles. The highest BCUT2D eigenvalue weighted by atomic mass is 32.1. The maximum absolute atomic E-state index is 6.10. The van der Waals surface area contributed by atoms with Gasteiger partial charge in [-0.15, -0.1) is 0 Å². The number of ether oxygens (including phenoxy) is 2. The van der Waals surface area contributed by atoms with Gasteiger partial charge in [0, 0.05) is 35.7 Å². The van der Waals surface area contributed by atoms with E-state index >= 15 is 0 Å². The van der Waals surface area contributed by atoms with Crippen LogP contribution in [0.15, 0.2) is 73.4 Å². The number of imidazole rings is 1. The van der Waals surface area contributed by atoms with Gasteiger partial charge in [0.1, 0.15) is 35.0 Å². The zero-order valence-electron chi connectivity index (χ0n) is 18.1. The summed E-state index contributed by atoms with van der Waals surface area (Å²) in [7, 11) is 0. The number of pyridine rings is 1. The van der Waals surface area contributed by atoms with E-state index in [0.717, 1.165) is 63.0 Å². The van der Waals surface area contributed by atoms with E-state index in [1.54, 1.807) is 12.5 Å². The molecule has 33 heavy (non-hydrogen) atoms. The number of benzene rings is 2. The molecule has 0 saturated carbocycles. The molecule has 0 spiro atoms. The van der Waals surface area contributed by atoms with Crippen LogP contribution in [-0.4, -0.2) is 31.7 Å². The van der Waals surface area contributed by atoms with Crippen LogP contribution in [0.1, 0.15) is 12.0 Å². The third-order valence-electron chi connectivity index (χ3n) is 5.21. The molecule has 0 aliphatic heterocycles. The lowest BCUT2D eigenvalue weighted by atomic mass is 10.2. The maximum atomic E-state index is 6.10. The van der Waals surface area contributed by atoms with E-state index in [-0.39, 0.29) is 0 Å². The first-order valence-electron chi connectivity index (χ1n) is 10.7. The van der Waals surface area contributed by atoms with E-state index in [1.165, 1.54) is 0 Å². The molecule has 0 aliphatic rings. The Kier molecular flexibility index (Phi) is 5.99.